The van der Waals surface area contributed by atoms with Crippen molar-refractivity contribution < 1.29 is 0 Å². The lowest BCUT2D eigenvalue weighted by Crippen LogP contribution is -2.23. The molecule has 2 rings (SSSR count). The van der Waals surface area contributed by atoms with Crippen LogP contribution in [0.3, 0.4) is 0 Å². The van der Waals surface area contributed by atoms with Crippen LogP contribution in [0.15, 0.2) is 48.8 Å². The fourth-order valence-electron chi connectivity index (χ4n) is 1.95. The summed E-state index contributed by atoms with van der Waals surface area (Å²) in [4.78, 5) is 4.22. The number of benzene rings is 1. The van der Waals surface area contributed by atoms with Crippen LogP contribution in [-0.2, 0) is 0 Å². The van der Waals surface area contributed by atoms with Gasteiger partial charge in [0.05, 0.1) is 6.04 Å². The summed E-state index contributed by atoms with van der Waals surface area (Å²) in [5, 5.41) is 3.59. The number of halogens is 1. The van der Waals surface area contributed by atoms with Crippen LogP contribution in [0.25, 0.3) is 0 Å². The summed E-state index contributed by atoms with van der Waals surface area (Å²) in [6, 6.07) is 13.0. The predicted molar refractivity (Wildman–Crippen MR) is 83.5 cm³/mol. The lowest BCUT2D eigenvalue weighted by Gasteiger charge is -2.19. The molecule has 0 fully saturated rings. The van der Waals surface area contributed by atoms with E-state index in [-0.39, 0.29) is 6.04 Å². The fraction of sp³-hybridized carbons (Fsp3) is 0.267. The molecule has 0 saturated carbocycles. The average Bonchev–Trinajstić information content (AvgIpc) is 2.40. The van der Waals surface area contributed by atoms with Gasteiger partial charge in [0, 0.05) is 16.0 Å². The van der Waals surface area contributed by atoms with Gasteiger partial charge in [0.25, 0.3) is 0 Å². The number of nitrogens with one attached hydrogen (secondary N) is 1. The maximum atomic E-state index is 4.22. The van der Waals surface area contributed by atoms with Crippen LogP contribution in [0, 0.1) is 3.57 Å². The van der Waals surface area contributed by atoms with Crippen molar-refractivity contribution >= 4 is 22.6 Å². The summed E-state index contributed by atoms with van der Waals surface area (Å²) in [7, 11) is 0. The zero-order valence-electron chi connectivity index (χ0n) is 10.4. The highest BCUT2D eigenvalue weighted by atomic mass is 127. The summed E-state index contributed by atoms with van der Waals surface area (Å²) in [6.07, 6.45) is 4.88. The first-order valence-corrected chi connectivity index (χ1v) is 7.28. The molecule has 0 aliphatic heterocycles. The largest absolute Gasteiger partial charge is 0.306 e. The van der Waals surface area contributed by atoms with E-state index in [1.807, 2.05) is 18.5 Å². The van der Waals surface area contributed by atoms with E-state index in [2.05, 4.69) is 70.1 Å². The van der Waals surface area contributed by atoms with Crippen molar-refractivity contribution in [1.29, 1.82) is 0 Å². The number of aromatic nitrogens is 1. The standard InChI is InChI=1S/C15H17IN2/c1-2-8-18-15(13-6-4-9-17-11-13)12-5-3-7-14(16)10-12/h3-7,9-11,15,18H,2,8H2,1H3. The predicted octanol–water partition coefficient (Wildman–Crippen LogP) is 3.78. The number of rotatable bonds is 5. The fourth-order valence-corrected chi connectivity index (χ4v) is 2.52. The van der Waals surface area contributed by atoms with Crippen LogP contribution in [0.1, 0.15) is 30.5 Å². The SMILES string of the molecule is CCCNC(c1cccnc1)c1cccc(I)c1. The Morgan fingerprint density at radius 1 is 1.22 bits per heavy atom. The van der Waals surface area contributed by atoms with Gasteiger partial charge in [0.15, 0.2) is 0 Å². The van der Waals surface area contributed by atoms with Crippen molar-refractivity contribution in [2.75, 3.05) is 6.54 Å². The first kappa shape index (κ1) is 13.5. The quantitative estimate of drug-likeness (QED) is 0.829. The van der Waals surface area contributed by atoms with Gasteiger partial charge < -0.3 is 5.32 Å². The summed E-state index contributed by atoms with van der Waals surface area (Å²) < 4.78 is 1.26. The molecule has 2 aromatic rings. The minimum absolute atomic E-state index is 0.230. The summed E-state index contributed by atoms with van der Waals surface area (Å²) in [6.45, 7) is 3.19. The zero-order chi connectivity index (χ0) is 12.8. The molecule has 1 unspecified atom stereocenters. The van der Waals surface area contributed by atoms with Gasteiger partial charge in [0.1, 0.15) is 0 Å². The summed E-state index contributed by atoms with van der Waals surface area (Å²) in [5.74, 6) is 0. The molecule has 0 aliphatic rings. The maximum Gasteiger partial charge on any atom is 0.0592 e. The maximum absolute atomic E-state index is 4.22. The highest BCUT2D eigenvalue weighted by Gasteiger charge is 2.13. The third-order valence-electron chi connectivity index (χ3n) is 2.80. The van der Waals surface area contributed by atoms with E-state index in [0.717, 1.165) is 13.0 Å². The van der Waals surface area contributed by atoms with Crippen molar-refractivity contribution in [2.24, 2.45) is 0 Å². The molecule has 1 atom stereocenters. The lowest BCUT2D eigenvalue weighted by atomic mass is 10.0. The second kappa shape index (κ2) is 6.85. The van der Waals surface area contributed by atoms with Gasteiger partial charge in [-0.05, 0) is 64.9 Å². The first-order valence-electron chi connectivity index (χ1n) is 6.20. The topological polar surface area (TPSA) is 24.9 Å². The Labute approximate surface area is 122 Å². The molecule has 94 valence electrons. The normalized spacial score (nSPS) is 12.3. The van der Waals surface area contributed by atoms with Crippen LogP contribution in [-0.4, -0.2) is 11.5 Å². The Balaban J connectivity index is 2.31. The minimum atomic E-state index is 0.230. The van der Waals surface area contributed by atoms with E-state index < -0.39 is 0 Å². The van der Waals surface area contributed by atoms with Crippen molar-refractivity contribution in [3.63, 3.8) is 0 Å². The second-order valence-electron chi connectivity index (χ2n) is 4.23. The van der Waals surface area contributed by atoms with Crippen LogP contribution < -0.4 is 5.32 Å². The van der Waals surface area contributed by atoms with Crippen molar-refractivity contribution in [3.8, 4) is 0 Å². The van der Waals surface area contributed by atoms with Crippen LogP contribution in [0.4, 0.5) is 0 Å². The molecule has 3 heteroatoms. The first-order chi connectivity index (χ1) is 8.81. The molecule has 0 bridgehead atoms. The van der Waals surface area contributed by atoms with Gasteiger partial charge in [-0.1, -0.05) is 25.1 Å². The van der Waals surface area contributed by atoms with Crippen LogP contribution in [0.5, 0.6) is 0 Å². The molecule has 1 heterocycles. The van der Waals surface area contributed by atoms with E-state index in [1.165, 1.54) is 14.7 Å². The van der Waals surface area contributed by atoms with E-state index in [9.17, 15) is 0 Å². The Morgan fingerprint density at radius 2 is 2.06 bits per heavy atom. The molecule has 1 aromatic carbocycles. The zero-order valence-corrected chi connectivity index (χ0v) is 12.6. The van der Waals surface area contributed by atoms with Gasteiger partial charge in [-0.15, -0.1) is 0 Å². The Hall–Kier alpha value is -0.940. The van der Waals surface area contributed by atoms with Crippen molar-refractivity contribution in [1.82, 2.24) is 10.3 Å². The summed E-state index contributed by atoms with van der Waals surface area (Å²) in [5.41, 5.74) is 2.51. The number of pyridine rings is 1. The lowest BCUT2D eigenvalue weighted by molar-refractivity contribution is 0.597. The number of hydrogen-bond donors (Lipinski definition) is 1. The van der Waals surface area contributed by atoms with E-state index >= 15 is 0 Å². The monoisotopic (exact) mass is 352 g/mol. The molecule has 1 aromatic heterocycles. The second-order valence-corrected chi connectivity index (χ2v) is 5.47. The molecule has 0 saturated heterocycles. The van der Waals surface area contributed by atoms with Gasteiger partial charge in [-0.2, -0.15) is 0 Å². The average molecular weight is 352 g/mol. The molecular weight excluding hydrogens is 335 g/mol. The Bertz CT molecular complexity index is 485. The van der Waals surface area contributed by atoms with Gasteiger partial charge in [0.2, 0.25) is 0 Å². The highest BCUT2D eigenvalue weighted by Crippen LogP contribution is 2.22. The van der Waals surface area contributed by atoms with Crippen LogP contribution in [0.2, 0.25) is 0 Å². The highest BCUT2D eigenvalue weighted by molar-refractivity contribution is 14.1. The van der Waals surface area contributed by atoms with Crippen molar-refractivity contribution in [3.05, 3.63) is 63.5 Å². The van der Waals surface area contributed by atoms with Crippen molar-refractivity contribution in [2.45, 2.75) is 19.4 Å². The van der Waals surface area contributed by atoms with E-state index in [1.54, 1.807) is 0 Å². The molecule has 0 spiro atoms. The van der Waals surface area contributed by atoms with Gasteiger partial charge in [-0.3, -0.25) is 4.98 Å². The summed E-state index contributed by atoms with van der Waals surface area (Å²) >= 11 is 2.35. The van der Waals surface area contributed by atoms with Gasteiger partial charge in [-0.25, -0.2) is 0 Å². The molecule has 2 nitrogen and oxygen atoms in total. The Kier molecular flexibility index (Phi) is 5.13. The Morgan fingerprint density at radius 3 is 2.72 bits per heavy atom. The number of hydrogen-bond acceptors (Lipinski definition) is 2. The third-order valence-corrected chi connectivity index (χ3v) is 3.47. The third kappa shape index (κ3) is 3.53. The smallest absolute Gasteiger partial charge is 0.0592 e. The molecule has 0 aliphatic carbocycles. The minimum Gasteiger partial charge on any atom is -0.306 e. The molecule has 0 amide bonds. The molecule has 18 heavy (non-hydrogen) atoms. The number of nitrogens with zero attached hydrogens (tertiary/aromatic N) is 1. The molecule has 0 radical (unpaired) electrons. The van der Waals surface area contributed by atoms with Gasteiger partial charge >= 0.3 is 0 Å². The van der Waals surface area contributed by atoms with E-state index in [4.69, 9.17) is 0 Å². The van der Waals surface area contributed by atoms with E-state index in [0.29, 0.717) is 0 Å². The molecule has 1 N–H and O–H groups in total. The molecular formula is C15H17IN2. The van der Waals surface area contributed by atoms with Crippen LogP contribution >= 0.6 is 22.6 Å².